The van der Waals surface area contributed by atoms with Crippen LogP contribution in [0.3, 0.4) is 0 Å². The van der Waals surface area contributed by atoms with Gasteiger partial charge in [0.15, 0.2) is 0 Å². The fourth-order valence-corrected chi connectivity index (χ4v) is 4.54. The number of carbonyl (C=O) groups excluding carboxylic acids is 2. The molecule has 9 heteroatoms. The maximum Gasteiger partial charge on any atom is 0.244 e. The van der Waals surface area contributed by atoms with E-state index in [4.69, 9.17) is 0 Å². The Hall–Kier alpha value is -2.39. The van der Waals surface area contributed by atoms with Crippen molar-refractivity contribution in [3.8, 4) is 0 Å². The van der Waals surface area contributed by atoms with Crippen molar-refractivity contribution in [2.24, 2.45) is 0 Å². The Kier molecular flexibility index (Phi) is 9.70. The Morgan fingerprint density at radius 2 is 1.76 bits per heavy atom. The van der Waals surface area contributed by atoms with Crippen LogP contribution in [-0.4, -0.2) is 50.0 Å². The molecule has 2 aromatic carbocycles. The molecule has 2 amide bonds. The topological polar surface area (TPSA) is 86.8 Å². The predicted molar refractivity (Wildman–Crippen MR) is 140 cm³/mol. The van der Waals surface area contributed by atoms with Gasteiger partial charge in [-0.2, -0.15) is 0 Å². The monoisotopic (exact) mass is 551 g/mol. The maximum atomic E-state index is 13.5. The van der Waals surface area contributed by atoms with Crippen LogP contribution in [0.4, 0.5) is 5.69 Å². The van der Waals surface area contributed by atoms with Gasteiger partial charge in [-0.1, -0.05) is 52.7 Å². The summed E-state index contributed by atoms with van der Waals surface area (Å²) in [6.45, 7) is 9.12. The molecule has 0 aliphatic heterocycles. The molecule has 0 radical (unpaired) electrons. The van der Waals surface area contributed by atoms with Gasteiger partial charge in [0, 0.05) is 17.1 Å². The molecule has 0 aliphatic carbocycles. The number of nitrogens with one attached hydrogen (secondary N) is 1. The lowest BCUT2D eigenvalue weighted by molar-refractivity contribution is -0.139. The number of rotatable bonds is 10. The van der Waals surface area contributed by atoms with Gasteiger partial charge < -0.3 is 10.2 Å². The van der Waals surface area contributed by atoms with E-state index >= 15 is 0 Å². The molecular weight excluding hydrogens is 518 g/mol. The van der Waals surface area contributed by atoms with Crippen molar-refractivity contribution < 1.29 is 18.0 Å². The summed E-state index contributed by atoms with van der Waals surface area (Å²) < 4.78 is 27.2. The lowest BCUT2D eigenvalue weighted by atomic mass is 10.1. The number of anilines is 1. The van der Waals surface area contributed by atoms with Crippen molar-refractivity contribution in [3.63, 3.8) is 0 Å². The highest BCUT2D eigenvalue weighted by Crippen LogP contribution is 2.25. The molecule has 0 aromatic heterocycles. The number of hydrogen-bond donors (Lipinski definition) is 1. The predicted octanol–water partition coefficient (Wildman–Crippen LogP) is 4.16. The first kappa shape index (κ1) is 27.9. The van der Waals surface area contributed by atoms with Gasteiger partial charge in [-0.3, -0.25) is 13.9 Å². The summed E-state index contributed by atoms with van der Waals surface area (Å²) >= 11 is 3.42. The number of hydrogen-bond acceptors (Lipinski definition) is 4. The molecule has 34 heavy (non-hydrogen) atoms. The molecule has 0 aliphatic rings. The second kappa shape index (κ2) is 11.8. The number of aryl methyl sites for hydroxylation is 2. The SMILES string of the molecule is CC[C@@H](C)NC(=O)[C@@H](C)N(Cc1cccc(C)c1)C(=O)CN(c1ccc(Br)c(C)c1)S(C)(=O)=O. The minimum absolute atomic E-state index is 0.0378. The van der Waals surface area contributed by atoms with E-state index in [1.165, 1.54) is 4.90 Å². The Bertz CT molecular complexity index is 1140. The minimum Gasteiger partial charge on any atom is -0.352 e. The third-order valence-electron chi connectivity index (χ3n) is 5.71. The normalized spacial score (nSPS) is 13.1. The smallest absolute Gasteiger partial charge is 0.244 e. The number of sulfonamides is 1. The Balaban J connectivity index is 2.41. The number of benzene rings is 2. The third-order valence-corrected chi connectivity index (χ3v) is 7.74. The van der Waals surface area contributed by atoms with Crippen molar-refractivity contribution >= 4 is 43.5 Å². The largest absolute Gasteiger partial charge is 0.352 e. The lowest BCUT2D eigenvalue weighted by Gasteiger charge is -2.32. The van der Waals surface area contributed by atoms with Crippen LogP contribution >= 0.6 is 15.9 Å². The summed E-state index contributed by atoms with van der Waals surface area (Å²) in [6.07, 6.45) is 1.83. The molecule has 0 spiro atoms. The molecule has 0 saturated heterocycles. The maximum absolute atomic E-state index is 13.5. The number of nitrogens with zero attached hydrogens (tertiary/aromatic N) is 2. The molecule has 2 aromatic rings. The second-order valence-electron chi connectivity index (χ2n) is 8.71. The molecule has 0 bridgehead atoms. The van der Waals surface area contributed by atoms with Gasteiger partial charge in [0.05, 0.1) is 11.9 Å². The molecule has 0 saturated carbocycles. The molecule has 1 N–H and O–H groups in total. The first-order valence-corrected chi connectivity index (χ1v) is 13.9. The average molecular weight is 553 g/mol. The van der Waals surface area contributed by atoms with E-state index in [2.05, 4.69) is 21.2 Å². The Labute approximate surface area is 211 Å². The van der Waals surface area contributed by atoms with Crippen molar-refractivity contribution in [3.05, 3.63) is 63.6 Å². The first-order valence-electron chi connectivity index (χ1n) is 11.2. The zero-order valence-electron chi connectivity index (χ0n) is 20.6. The van der Waals surface area contributed by atoms with Crippen molar-refractivity contribution in [1.29, 1.82) is 0 Å². The van der Waals surface area contributed by atoms with E-state index in [0.717, 1.165) is 38.1 Å². The molecule has 2 rings (SSSR count). The van der Waals surface area contributed by atoms with Gasteiger partial charge in [0.25, 0.3) is 0 Å². The van der Waals surface area contributed by atoms with E-state index in [1.54, 1.807) is 25.1 Å². The number of carbonyl (C=O) groups is 2. The third kappa shape index (κ3) is 7.56. The van der Waals surface area contributed by atoms with Gasteiger partial charge in [-0.05, 0) is 63.4 Å². The van der Waals surface area contributed by atoms with Gasteiger partial charge in [-0.15, -0.1) is 0 Å². The quantitative estimate of drug-likeness (QED) is 0.480. The van der Waals surface area contributed by atoms with Gasteiger partial charge in [0.2, 0.25) is 21.8 Å². The lowest BCUT2D eigenvalue weighted by Crippen LogP contribution is -2.52. The van der Waals surface area contributed by atoms with E-state index in [-0.39, 0.29) is 18.5 Å². The standard InChI is InChI=1S/C25H34BrN3O4S/c1-7-19(4)27-25(31)20(5)28(15-21-10-8-9-17(2)13-21)24(30)16-29(34(6,32)33)22-11-12-23(26)18(3)14-22/h8-14,19-20H,7,15-16H2,1-6H3,(H,27,31)/t19-,20-/m1/s1. The molecule has 2 atom stereocenters. The van der Waals surface area contributed by atoms with E-state index < -0.39 is 28.5 Å². The fourth-order valence-electron chi connectivity index (χ4n) is 3.45. The van der Waals surface area contributed by atoms with Crippen LogP contribution in [0.5, 0.6) is 0 Å². The van der Waals surface area contributed by atoms with Crippen molar-refractivity contribution in [2.45, 2.75) is 59.7 Å². The summed E-state index contributed by atoms with van der Waals surface area (Å²) in [5.41, 5.74) is 3.13. The van der Waals surface area contributed by atoms with Crippen LogP contribution in [0.1, 0.15) is 43.9 Å². The molecule has 0 heterocycles. The van der Waals surface area contributed by atoms with E-state index in [0.29, 0.717) is 5.69 Å². The van der Waals surface area contributed by atoms with Crippen molar-refractivity contribution in [1.82, 2.24) is 10.2 Å². The zero-order valence-corrected chi connectivity index (χ0v) is 23.0. The first-order chi connectivity index (χ1) is 15.8. The van der Waals surface area contributed by atoms with Crippen LogP contribution in [0.25, 0.3) is 0 Å². The highest BCUT2D eigenvalue weighted by Gasteiger charge is 2.30. The highest BCUT2D eigenvalue weighted by atomic mass is 79.9. The summed E-state index contributed by atoms with van der Waals surface area (Å²) in [4.78, 5) is 27.9. The van der Waals surface area contributed by atoms with Crippen LogP contribution in [0.2, 0.25) is 0 Å². The molecular formula is C25H34BrN3O4S. The minimum atomic E-state index is -3.75. The van der Waals surface area contributed by atoms with E-state index in [1.807, 2.05) is 52.0 Å². The van der Waals surface area contributed by atoms with Gasteiger partial charge in [0.1, 0.15) is 12.6 Å². The van der Waals surface area contributed by atoms with Crippen LogP contribution in [0.15, 0.2) is 46.9 Å². The highest BCUT2D eigenvalue weighted by molar-refractivity contribution is 9.10. The number of halogens is 1. The molecule has 7 nitrogen and oxygen atoms in total. The summed E-state index contributed by atoms with van der Waals surface area (Å²) in [5.74, 6) is -0.736. The fraction of sp³-hybridized carbons (Fsp3) is 0.440. The molecule has 186 valence electrons. The Morgan fingerprint density at radius 3 is 2.32 bits per heavy atom. The van der Waals surface area contributed by atoms with Crippen molar-refractivity contribution in [2.75, 3.05) is 17.1 Å². The average Bonchev–Trinajstić information content (AvgIpc) is 2.76. The molecule has 0 fully saturated rings. The van der Waals surface area contributed by atoms with Gasteiger partial charge in [-0.25, -0.2) is 8.42 Å². The summed E-state index contributed by atoms with van der Waals surface area (Å²) in [6, 6.07) is 12.0. The van der Waals surface area contributed by atoms with E-state index in [9.17, 15) is 18.0 Å². The number of amides is 2. The summed E-state index contributed by atoms with van der Waals surface area (Å²) in [5, 5.41) is 2.92. The summed E-state index contributed by atoms with van der Waals surface area (Å²) in [7, 11) is -3.75. The van der Waals surface area contributed by atoms with Crippen LogP contribution in [0, 0.1) is 13.8 Å². The van der Waals surface area contributed by atoms with Gasteiger partial charge >= 0.3 is 0 Å². The Morgan fingerprint density at radius 1 is 1.09 bits per heavy atom. The van der Waals surface area contributed by atoms with Crippen LogP contribution in [-0.2, 0) is 26.2 Å². The molecule has 0 unspecified atom stereocenters. The second-order valence-corrected chi connectivity index (χ2v) is 11.5. The van der Waals surface area contributed by atoms with Crippen LogP contribution < -0.4 is 9.62 Å². The zero-order chi connectivity index (χ0) is 25.6.